The third-order valence-corrected chi connectivity index (χ3v) is 5.69. The van der Waals surface area contributed by atoms with E-state index in [9.17, 15) is 0 Å². The summed E-state index contributed by atoms with van der Waals surface area (Å²) in [5.41, 5.74) is 11.0. The summed E-state index contributed by atoms with van der Waals surface area (Å²) in [5, 5.41) is 17.9. The minimum atomic E-state index is 0.742. The molecular weight excluding hydrogens is 368 g/mol. The molecule has 0 amide bonds. The summed E-state index contributed by atoms with van der Waals surface area (Å²) in [6, 6.07) is 25.1. The highest BCUT2D eigenvalue weighted by atomic mass is 15.2. The summed E-state index contributed by atoms with van der Waals surface area (Å²) in [7, 11) is 0. The molecule has 0 aromatic heterocycles. The van der Waals surface area contributed by atoms with Crippen LogP contribution in [0.5, 0.6) is 0 Å². The van der Waals surface area contributed by atoms with Crippen LogP contribution in [0.25, 0.3) is 0 Å². The van der Waals surface area contributed by atoms with Crippen LogP contribution in [0.2, 0.25) is 0 Å². The molecule has 3 aromatic carbocycles. The first kappa shape index (κ1) is 18.4. The molecule has 5 rings (SSSR count). The summed E-state index contributed by atoms with van der Waals surface area (Å²) < 4.78 is 0. The van der Waals surface area contributed by atoms with Gasteiger partial charge in [0.2, 0.25) is 0 Å². The smallest absolute Gasteiger partial charge is 0.0765 e. The molecule has 2 heterocycles. The molecule has 4 heteroatoms. The van der Waals surface area contributed by atoms with Crippen molar-refractivity contribution < 1.29 is 0 Å². The van der Waals surface area contributed by atoms with Gasteiger partial charge in [-0.2, -0.15) is 20.4 Å². The average Bonchev–Trinajstić information content (AvgIpc) is 3.45. The van der Waals surface area contributed by atoms with Crippen LogP contribution >= 0.6 is 0 Å². The largest absolute Gasteiger partial charge is 0.154 e. The van der Waals surface area contributed by atoms with Gasteiger partial charge in [0.05, 0.1) is 22.8 Å². The summed E-state index contributed by atoms with van der Waals surface area (Å²) in [4.78, 5) is 0. The number of nitrogens with zero attached hydrogens (tertiary/aromatic N) is 4. The third-order valence-electron chi connectivity index (χ3n) is 5.69. The van der Waals surface area contributed by atoms with Gasteiger partial charge in [0, 0.05) is 24.0 Å². The highest BCUT2D eigenvalue weighted by Gasteiger charge is 2.20. The van der Waals surface area contributed by atoms with Gasteiger partial charge in [-0.1, -0.05) is 66.7 Å². The summed E-state index contributed by atoms with van der Waals surface area (Å²) >= 11 is 0. The molecule has 30 heavy (non-hydrogen) atoms. The minimum absolute atomic E-state index is 0.742. The van der Waals surface area contributed by atoms with Crippen molar-refractivity contribution in [1.82, 2.24) is 0 Å². The van der Waals surface area contributed by atoms with Gasteiger partial charge in [-0.15, -0.1) is 0 Å². The van der Waals surface area contributed by atoms with Gasteiger partial charge < -0.3 is 0 Å². The van der Waals surface area contributed by atoms with E-state index in [1.54, 1.807) is 0 Å². The second kappa shape index (κ2) is 7.64. The molecule has 0 spiro atoms. The van der Waals surface area contributed by atoms with Crippen molar-refractivity contribution in [2.24, 2.45) is 20.4 Å². The summed E-state index contributed by atoms with van der Waals surface area (Å²) in [6.07, 6.45) is 1.48. The van der Waals surface area contributed by atoms with Crippen LogP contribution in [0.3, 0.4) is 0 Å². The Morgan fingerprint density at radius 1 is 0.500 bits per heavy atom. The van der Waals surface area contributed by atoms with Gasteiger partial charge in [-0.05, 0) is 42.2 Å². The monoisotopic (exact) mass is 390 g/mol. The lowest BCUT2D eigenvalue weighted by Crippen LogP contribution is -2.09. The molecule has 0 saturated carbocycles. The second-order valence-corrected chi connectivity index (χ2v) is 7.75. The number of aryl methyl sites for hydroxylation is 2. The van der Waals surface area contributed by atoms with Crippen molar-refractivity contribution in [2.75, 3.05) is 0 Å². The molecule has 0 bridgehead atoms. The maximum atomic E-state index is 4.48. The number of benzene rings is 3. The molecule has 0 atom stereocenters. The molecule has 3 aromatic rings. The fraction of sp³-hybridized carbons (Fsp3) is 0.154. The van der Waals surface area contributed by atoms with E-state index in [1.807, 2.05) is 12.1 Å². The second-order valence-electron chi connectivity index (χ2n) is 7.75. The van der Waals surface area contributed by atoms with E-state index in [2.05, 4.69) is 94.9 Å². The van der Waals surface area contributed by atoms with E-state index in [-0.39, 0.29) is 0 Å². The van der Waals surface area contributed by atoms with Crippen molar-refractivity contribution in [3.05, 3.63) is 106 Å². The lowest BCUT2D eigenvalue weighted by molar-refractivity contribution is 1.26. The fourth-order valence-corrected chi connectivity index (χ4v) is 3.99. The Bertz CT molecular complexity index is 1170. The number of rotatable bonds is 4. The van der Waals surface area contributed by atoms with Crippen LogP contribution in [0, 0.1) is 13.8 Å². The SMILES string of the molecule is Cc1ccccc1C1=NN=C(c2cccc(C3=NN=C(c4ccccc4C)C3)c2)C1. The van der Waals surface area contributed by atoms with Gasteiger partial charge in [0.1, 0.15) is 0 Å². The molecule has 0 aliphatic carbocycles. The molecule has 0 N–H and O–H groups in total. The molecule has 146 valence electrons. The van der Waals surface area contributed by atoms with Crippen LogP contribution in [-0.4, -0.2) is 22.8 Å². The van der Waals surface area contributed by atoms with Crippen molar-refractivity contribution in [2.45, 2.75) is 26.7 Å². The van der Waals surface area contributed by atoms with Crippen LogP contribution in [0.1, 0.15) is 46.2 Å². The van der Waals surface area contributed by atoms with E-state index in [1.165, 1.54) is 22.3 Å². The van der Waals surface area contributed by atoms with Crippen molar-refractivity contribution in [3.8, 4) is 0 Å². The van der Waals surface area contributed by atoms with Gasteiger partial charge >= 0.3 is 0 Å². The zero-order valence-electron chi connectivity index (χ0n) is 17.1. The average molecular weight is 390 g/mol. The first-order valence-corrected chi connectivity index (χ1v) is 10.2. The highest BCUT2D eigenvalue weighted by Crippen LogP contribution is 2.22. The predicted molar refractivity (Wildman–Crippen MR) is 124 cm³/mol. The zero-order chi connectivity index (χ0) is 20.5. The lowest BCUT2D eigenvalue weighted by Gasteiger charge is -2.07. The lowest BCUT2D eigenvalue weighted by atomic mass is 9.95. The van der Waals surface area contributed by atoms with Crippen LogP contribution in [-0.2, 0) is 0 Å². The Balaban J connectivity index is 1.33. The maximum absolute atomic E-state index is 4.48. The van der Waals surface area contributed by atoms with E-state index in [4.69, 9.17) is 0 Å². The quantitative estimate of drug-likeness (QED) is 0.565. The standard InChI is InChI=1S/C26H22N4/c1-17-8-3-5-12-21(17)25-15-23(27-29-25)19-10-7-11-20(14-19)24-16-26(30-28-24)22-13-6-4-9-18(22)2/h3-14H,15-16H2,1-2H3. The minimum Gasteiger partial charge on any atom is -0.154 e. The Labute approximate surface area is 176 Å². The zero-order valence-corrected chi connectivity index (χ0v) is 17.1. The molecule has 0 saturated heterocycles. The van der Waals surface area contributed by atoms with E-state index < -0.39 is 0 Å². The van der Waals surface area contributed by atoms with Gasteiger partial charge in [-0.3, -0.25) is 0 Å². The molecule has 0 radical (unpaired) electrons. The highest BCUT2D eigenvalue weighted by molar-refractivity contribution is 6.23. The molecule has 0 fully saturated rings. The van der Waals surface area contributed by atoms with Crippen LogP contribution in [0.15, 0.2) is 93.2 Å². The van der Waals surface area contributed by atoms with E-state index in [0.717, 1.165) is 46.8 Å². The van der Waals surface area contributed by atoms with E-state index >= 15 is 0 Å². The Hall–Kier alpha value is -3.66. The molecule has 2 aliphatic rings. The fourth-order valence-electron chi connectivity index (χ4n) is 3.99. The normalized spacial score (nSPS) is 15.5. The van der Waals surface area contributed by atoms with Gasteiger partial charge in [0.25, 0.3) is 0 Å². The number of hydrogen-bond donors (Lipinski definition) is 0. The van der Waals surface area contributed by atoms with Crippen molar-refractivity contribution in [1.29, 1.82) is 0 Å². The maximum Gasteiger partial charge on any atom is 0.0765 e. The topological polar surface area (TPSA) is 49.4 Å². The predicted octanol–water partition coefficient (Wildman–Crippen LogP) is 5.50. The first-order valence-electron chi connectivity index (χ1n) is 10.2. The van der Waals surface area contributed by atoms with Crippen LogP contribution < -0.4 is 0 Å². The molecule has 0 unspecified atom stereocenters. The Morgan fingerprint density at radius 2 is 0.933 bits per heavy atom. The van der Waals surface area contributed by atoms with Gasteiger partial charge in [-0.25, -0.2) is 0 Å². The summed E-state index contributed by atoms with van der Waals surface area (Å²) in [5.74, 6) is 0. The van der Waals surface area contributed by atoms with Crippen molar-refractivity contribution in [3.63, 3.8) is 0 Å². The van der Waals surface area contributed by atoms with Gasteiger partial charge in [0.15, 0.2) is 0 Å². The Morgan fingerprint density at radius 3 is 1.40 bits per heavy atom. The van der Waals surface area contributed by atoms with Crippen molar-refractivity contribution >= 4 is 22.8 Å². The summed E-state index contributed by atoms with van der Waals surface area (Å²) in [6.45, 7) is 4.22. The number of hydrogen-bond acceptors (Lipinski definition) is 4. The first-order chi connectivity index (χ1) is 14.7. The molecule has 2 aliphatic heterocycles. The molecular formula is C26H22N4. The third kappa shape index (κ3) is 3.41. The molecule has 4 nitrogen and oxygen atoms in total. The van der Waals surface area contributed by atoms with E-state index in [0.29, 0.717) is 0 Å². The van der Waals surface area contributed by atoms with Crippen LogP contribution in [0.4, 0.5) is 0 Å². The Kier molecular flexibility index (Phi) is 4.68.